The van der Waals surface area contributed by atoms with Crippen LogP contribution in [0.3, 0.4) is 0 Å². The van der Waals surface area contributed by atoms with Gasteiger partial charge in [-0.05, 0) is 24.3 Å². The average molecular weight is 415 g/mol. The van der Waals surface area contributed by atoms with Gasteiger partial charge in [-0.3, -0.25) is 9.11 Å². The van der Waals surface area contributed by atoms with Crippen LogP contribution in [0.5, 0.6) is 5.75 Å². The third kappa shape index (κ3) is 4.13. The molecule has 0 radical (unpaired) electrons. The molecule has 7 nitrogen and oxygen atoms in total. The zero-order valence-corrected chi connectivity index (χ0v) is 16.2. The lowest BCUT2D eigenvalue weighted by molar-refractivity contribution is 0.0702. The summed E-state index contributed by atoms with van der Waals surface area (Å²) in [5, 5.41) is 7.61. The molecule has 0 fully saturated rings. The van der Waals surface area contributed by atoms with Crippen molar-refractivity contribution in [3.8, 4) is 5.75 Å². The number of rotatable bonds is 8. The fraction of sp³-hybridized carbons (Fsp3) is 0.333. The van der Waals surface area contributed by atoms with Crippen molar-refractivity contribution in [1.29, 1.82) is 0 Å². The number of aliphatic hydroxyl groups excluding tert-OH is 1. The van der Waals surface area contributed by atoms with Gasteiger partial charge in [-0.1, -0.05) is 24.3 Å². The first-order valence-electron chi connectivity index (χ1n) is 8.37. The van der Waals surface area contributed by atoms with Gasteiger partial charge in [0.2, 0.25) is 0 Å². The van der Waals surface area contributed by atoms with Crippen LogP contribution in [-0.4, -0.2) is 54.8 Å². The van der Waals surface area contributed by atoms with Gasteiger partial charge in [0.25, 0.3) is 0 Å². The topological polar surface area (TPSA) is 113 Å². The number of aliphatic hydroxyl groups is 1. The molecule has 2 aromatic rings. The van der Waals surface area contributed by atoms with Crippen molar-refractivity contribution >= 4 is 20.4 Å². The fourth-order valence-electron chi connectivity index (χ4n) is 3.03. The van der Waals surface area contributed by atoms with Gasteiger partial charge in [-0.15, -0.1) is 0 Å². The molecule has 0 aliphatic carbocycles. The molecule has 1 aliphatic rings. The minimum Gasteiger partial charge on any atom is -0.491 e. The molecule has 3 rings (SSSR count). The Morgan fingerprint density at radius 3 is 2.44 bits per heavy atom. The van der Waals surface area contributed by atoms with E-state index in [0.717, 1.165) is 0 Å². The van der Waals surface area contributed by atoms with Crippen LogP contribution in [0, 0.1) is 0 Å². The molecule has 0 aromatic heterocycles. The van der Waals surface area contributed by atoms with E-state index in [2.05, 4.69) is 0 Å². The van der Waals surface area contributed by atoms with Gasteiger partial charge in [-0.25, -0.2) is 8.42 Å². The summed E-state index contributed by atoms with van der Waals surface area (Å²) in [6.07, 6.45) is 0. The fourth-order valence-corrected chi connectivity index (χ4v) is 7.47. The number of hydrogen-bond acceptors (Lipinski definition) is 7. The minimum absolute atomic E-state index is 0.0982. The van der Waals surface area contributed by atoms with Crippen molar-refractivity contribution in [2.75, 3.05) is 32.2 Å². The van der Waals surface area contributed by atoms with E-state index >= 15 is 0 Å². The molecule has 1 atom stereocenters. The van der Waals surface area contributed by atoms with E-state index in [9.17, 15) is 17.5 Å². The normalized spacial score (nSPS) is 19.4. The summed E-state index contributed by atoms with van der Waals surface area (Å²) >= 11 is 0. The highest BCUT2D eigenvalue weighted by Crippen LogP contribution is 2.63. The SMILES string of the molecule is O=S(=O)(c1ccccc1)C1CS(O)(O)c2cccc(OCCOCCO)c21. The molecule has 3 N–H and O–H groups in total. The van der Waals surface area contributed by atoms with E-state index in [4.69, 9.17) is 14.6 Å². The molecule has 1 aliphatic heterocycles. The monoisotopic (exact) mass is 414 g/mol. The van der Waals surface area contributed by atoms with Crippen LogP contribution in [0.25, 0.3) is 0 Å². The molecule has 0 saturated heterocycles. The summed E-state index contributed by atoms with van der Waals surface area (Å²) in [5.74, 6) is 0.00286. The van der Waals surface area contributed by atoms with Crippen LogP contribution in [0.1, 0.15) is 10.8 Å². The first-order chi connectivity index (χ1) is 12.9. The van der Waals surface area contributed by atoms with Crippen molar-refractivity contribution in [2.24, 2.45) is 0 Å². The van der Waals surface area contributed by atoms with Crippen LogP contribution >= 0.6 is 10.6 Å². The van der Waals surface area contributed by atoms with Crippen LogP contribution in [0.4, 0.5) is 0 Å². The lowest BCUT2D eigenvalue weighted by atomic mass is 10.1. The molecule has 2 aromatic carbocycles. The Hall–Kier alpha value is -1.62. The number of sulfone groups is 1. The highest BCUT2D eigenvalue weighted by Gasteiger charge is 2.45. The van der Waals surface area contributed by atoms with Crippen molar-refractivity contribution in [1.82, 2.24) is 0 Å². The highest BCUT2D eigenvalue weighted by molar-refractivity contribution is 8.25. The number of benzene rings is 2. The average Bonchev–Trinajstić information content (AvgIpc) is 2.95. The van der Waals surface area contributed by atoms with Gasteiger partial charge in [-0.2, -0.15) is 10.6 Å². The van der Waals surface area contributed by atoms with Gasteiger partial charge in [0.1, 0.15) is 17.6 Å². The zero-order valence-electron chi connectivity index (χ0n) is 14.5. The van der Waals surface area contributed by atoms with Crippen LogP contribution < -0.4 is 4.74 Å². The Labute approximate surface area is 159 Å². The maximum Gasteiger partial charge on any atom is 0.187 e. The summed E-state index contributed by atoms with van der Waals surface area (Å²) in [7, 11) is -7.06. The van der Waals surface area contributed by atoms with Gasteiger partial charge in [0.15, 0.2) is 9.84 Å². The van der Waals surface area contributed by atoms with Crippen molar-refractivity contribution < 1.29 is 32.1 Å². The smallest absolute Gasteiger partial charge is 0.187 e. The Morgan fingerprint density at radius 2 is 1.74 bits per heavy atom. The second-order valence-corrected chi connectivity index (χ2v) is 10.3. The van der Waals surface area contributed by atoms with E-state index < -0.39 is 25.7 Å². The molecule has 1 heterocycles. The summed E-state index contributed by atoms with van der Waals surface area (Å²) < 4.78 is 58.0. The molecule has 0 amide bonds. The summed E-state index contributed by atoms with van der Waals surface area (Å²) in [6.45, 7) is 0.450. The van der Waals surface area contributed by atoms with E-state index in [1.807, 2.05) is 0 Å². The van der Waals surface area contributed by atoms with Crippen LogP contribution in [0.15, 0.2) is 58.3 Å². The predicted octanol–water partition coefficient (Wildman–Crippen LogP) is 2.71. The first kappa shape index (κ1) is 20.1. The standard InChI is InChI=1S/C18H22O7S2/c19-9-10-24-11-12-25-15-7-4-8-16-18(15)17(13-26(16,20)21)27(22,23)14-5-2-1-3-6-14/h1-8,17,19-21H,9-13H2. The Balaban J connectivity index is 1.95. The predicted molar refractivity (Wildman–Crippen MR) is 102 cm³/mol. The summed E-state index contributed by atoms with van der Waals surface area (Å²) in [6, 6.07) is 12.7. The van der Waals surface area contributed by atoms with E-state index in [1.54, 1.807) is 30.3 Å². The molecular formula is C18H22O7S2. The third-order valence-corrected chi connectivity index (χ3v) is 8.40. The Bertz CT molecular complexity index is 882. The maximum absolute atomic E-state index is 13.1. The minimum atomic E-state index is -3.83. The highest BCUT2D eigenvalue weighted by atomic mass is 32.3. The van der Waals surface area contributed by atoms with E-state index in [1.165, 1.54) is 18.2 Å². The van der Waals surface area contributed by atoms with Crippen molar-refractivity contribution in [3.63, 3.8) is 0 Å². The van der Waals surface area contributed by atoms with Gasteiger partial charge in [0, 0.05) is 5.56 Å². The molecule has 0 bridgehead atoms. The quantitative estimate of drug-likeness (QED) is 0.569. The molecule has 27 heavy (non-hydrogen) atoms. The first-order valence-corrected chi connectivity index (χ1v) is 11.6. The zero-order chi connectivity index (χ0) is 19.5. The lowest BCUT2D eigenvalue weighted by Crippen LogP contribution is -2.16. The van der Waals surface area contributed by atoms with Crippen LogP contribution in [0.2, 0.25) is 0 Å². The Kier molecular flexibility index (Phi) is 6.09. The Morgan fingerprint density at radius 1 is 1.00 bits per heavy atom. The molecule has 1 unspecified atom stereocenters. The molecule has 0 saturated carbocycles. The van der Waals surface area contributed by atoms with E-state index in [-0.39, 0.29) is 42.0 Å². The third-order valence-electron chi connectivity index (χ3n) is 4.25. The van der Waals surface area contributed by atoms with Crippen molar-refractivity contribution in [3.05, 3.63) is 54.1 Å². The number of fused-ring (bicyclic) bond motifs is 1. The van der Waals surface area contributed by atoms with Gasteiger partial charge >= 0.3 is 0 Å². The largest absolute Gasteiger partial charge is 0.491 e. The molecule has 9 heteroatoms. The number of hydrogen-bond donors (Lipinski definition) is 3. The summed E-state index contributed by atoms with van der Waals surface area (Å²) in [4.78, 5) is 0.333. The molecule has 148 valence electrons. The van der Waals surface area contributed by atoms with E-state index in [0.29, 0.717) is 11.3 Å². The lowest BCUT2D eigenvalue weighted by Gasteiger charge is -2.27. The van der Waals surface area contributed by atoms with Crippen molar-refractivity contribution in [2.45, 2.75) is 15.0 Å². The van der Waals surface area contributed by atoms with Gasteiger partial charge < -0.3 is 14.6 Å². The number of ether oxygens (including phenoxy) is 2. The van der Waals surface area contributed by atoms with Crippen LogP contribution in [-0.2, 0) is 14.6 Å². The van der Waals surface area contributed by atoms with Gasteiger partial charge in [0.05, 0.1) is 35.4 Å². The second kappa shape index (κ2) is 8.17. The molecular weight excluding hydrogens is 392 g/mol. The molecule has 0 spiro atoms. The maximum atomic E-state index is 13.1. The summed E-state index contributed by atoms with van der Waals surface area (Å²) in [5.41, 5.74) is 0.295. The second-order valence-electron chi connectivity index (χ2n) is 6.03.